The van der Waals surface area contributed by atoms with Crippen LogP contribution in [0, 0.1) is 0 Å². The van der Waals surface area contributed by atoms with Gasteiger partial charge in [-0.2, -0.15) is 0 Å². The molecule has 1 aromatic heterocycles. The van der Waals surface area contributed by atoms with Gasteiger partial charge in [-0.05, 0) is 12.1 Å². The Morgan fingerprint density at radius 3 is 2.72 bits per heavy atom. The molecule has 0 N–H and O–H groups in total. The Balaban J connectivity index is 2.48. The Labute approximate surface area is 104 Å². The number of hydrogen-bond donors (Lipinski definition) is 0. The highest BCUT2D eigenvalue weighted by molar-refractivity contribution is 6.05. The van der Waals surface area contributed by atoms with Crippen molar-refractivity contribution in [2.24, 2.45) is 0 Å². The van der Waals surface area contributed by atoms with Crippen LogP contribution in [0.1, 0.15) is 10.4 Å². The van der Waals surface area contributed by atoms with Crippen LogP contribution in [0.15, 0.2) is 51.8 Å². The predicted octanol–water partition coefficient (Wildman–Crippen LogP) is 2.05. The summed E-state index contributed by atoms with van der Waals surface area (Å²) >= 11 is 0. The molecule has 0 radical (unpaired) electrons. The average Bonchev–Trinajstić information content (AvgIpc) is 2.35. The Morgan fingerprint density at radius 2 is 2.00 bits per heavy atom. The van der Waals surface area contributed by atoms with Crippen molar-refractivity contribution in [1.82, 2.24) is 4.90 Å². The molecular formula is C14H13NO3. The highest BCUT2D eigenvalue weighted by atomic mass is 16.4. The summed E-state index contributed by atoms with van der Waals surface area (Å²) in [5, 5.41) is 0.735. The average molecular weight is 243 g/mol. The van der Waals surface area contributed by atoms with Gasteiger partial charge in [-0.1, -0.05) is 18.2 Å². The number of carbonyl (C=O) groups is 1. The Hall–Kier alpha value is -2.36. The quantitative estimate of drug-likeness (QED) is 0.470. The second-order valence-corrected chi connectivity index (χ2v) is 4.13. The van der Waals surface area contributed by atoms with Gasteiger partial charge >= 0.3 is 5.63 Å². The fourth-order valence-corrected chi connectivity index (χ4v) is 1.54. The first-order valence-electron chi connectivity index (χ1n) is 5.50. The minimum Gasteiger partial charge on any atom is -0.422 e. The van der Waals surface area contributed by atoms with E-state index in [1.807, 2.05) is 6.07 Å². The van der Waals surface area contributed by atoms with Crippen LogP contribution in [0.5, 0.6) is 0 Å². The molecule has 18 heavy (non-hydrogen) atoms. The molecule has 0 saturated heterocycles. The van der Waals surface area contributed by atoms with Crippen molar-refractivity contribution < 1.29 is 9.21 Å². The lowest BCUT2D eigenvalue weighted by molar-refractivity contribution is 0.104. The van der Waals surface area contributed by atoms with E-state index < -0.39 is 5.63 Å². The second-order valence-electron chi connectivity index (χ2n) is 4.13. The molecule has 4 heteroatoms. The fourth-order valence-electron chi connectivity index (χ4n) is 1.54. The number of ketones is 1. The molecule has 0 aliphatic heterocycles. The third kappa shape index (κ3) is 2.48. The van der Waals surface area contributed by atoms with Gasteiger partial charge in [0.05, 0.1) is 0 Å². The van der Waals surface area contributed by atoms with Crippen molar-refractivity contribution in [2.45, 2.75) is 0 Å². The zero-order valence-electron chi connectivity index (χ0n) is 10.2. The highest BCUT2D eigenvalue weighted by Gasteiger charge is 2.10. The van der Waals surface area contributed by atoms with Crippen LogP contribution >= 0.6 is 0 Å². The lowest BCUT2D eigenvalue weighted by atomic mass is 10.1. The van der Waals surface area contributed by atoms with E-state index in [9.17, 15) is 9.59 Å². The largest absolute Gasteiger partial charge is 0.422 e. The lowest BCUT2D eigenvalue weighted by Gasteiger charge is -2.02. The number of para-hydroxylation sites is 1. The molecule has 0 bridgehead atoms. The Kier molecular flexibility index (Phi) is 3.28. The van der Waals surface area contributed by atoms with Crippen LogP contribution in [-0.4, -0.2) is 24.8 Å². The predicted molar refractivity (Wildman–Crippen MR) is 69.6 cm³/mol. The topological polar surface area (TPSA) is 50.5 Å². The molecule has 1 aromatic carbocycles. The molecule has 2 rings (SSSR count). The molecule has 2 aromatic rings. The van der Waals surface area contributed by atoms with Crippen molar-refractivity contribution in [3.05, 3.63) is 58.6 Å². The summed E-state index contributed by atoms with van der Waals surface area (Å²) in [6, 6.07) is 8.65. The second kappa shape index (κ2) is 4.87. The van der Waals surface area contributed by atoms with Crippen LogP contribution in [-0.2, 0) is 0 Å². The maximum atomic E-state index is 11.8. The van der Waals surface area contributed by atoms with Crippen LogP contribution in [0.4, 0.5) is 0 Å². The summed E-state index contributed by atoms with van der Waals surface area (Å²) in [4.78, 5) is 25.2. The zero-order chi connectivity index (χ0) is 13.1. The summed E-state index contributed by atoms with van der Waals surface area (Å²) in [6.45, 7) is 0. The molecule has 0 aliphatic rings. The summed E-state index contributed by atoms with van der Waals surface area (Å²) in [5.41, 5.74) is -0.0791. The summed E-state index contributed by atoms with van der Waals surface area (Å²) in [5.74, 6) is -0.358. The monoisotopic (exact) mass is 243 g/mol. The number of benzene rings is 1. The van der Waals surface area contributed by atoms with Crippen molar-refractivity contribution >= 4 is 16.8 Å². The van der Waals surface area contributed by atoms with Gasteiger partial charge in [0.2, 0.25) is 0 Å². The van der Waals surface area contributed by atoms with E-state index in [-0.39, 0.29) is 11.3 Å². The first-order chi connectivity index (χ1) is 8.58. The van der Waals surface area contributed by atoms with Gasteiger partial charge in [-0.3, -0.25) is 4.79 Å². The van der Waals surface area contributed by atoms with Crippen LogP contribution < -0.4 is 5.63 Å². The van der Waals surface area contributed by atoms with Gasteiger partial charge in [0.1, 0.15) is 11.1 Å². The maximum Gasteiger partial charge on any atom is 0.347 e. The maximum absolute atomic E-state index is 11.8. The van der Waals surface area contributed by atoms with E-state index in [2.05, 4.69) is 0 Å². The lowest BCUT2D eigenvalue weighted by Crippen LogP contribution is -2.13. The van der Waals surface area contributed by atoms with E-state index in [0.29, 0.717) is 5.58 Å². The summed E-state index contributed by atoms with van der Waals surface area (Å²) in [7, 11) is 3.60. The van der Waals surface area contributed by atoms with E-state index in [4.69, 9.17) is 4.42 Å². The van der Waals surface area contributed by atoms with Gasteiger partial charge in [0.15, 0.2) is 5.78 Å². The number of nitrogens with zero attached hydrogens (tertiary/aromatic N) is 1. The van der Waals surface area contributed by atoms with Gasteiger partial charge in [0.25, 0.3) is 0 Å². The number of allylic oxidation sites excluding steroid dienone is 1. The number of fused-ring (bicyclic) bond motifs is 1. The minimum atomic E-state index is -0.609. The molecule has 0 amide bonds. The number of rotatable bonds is 3. The number of carbonyl (C=O) groups excluding carboxylic acids is 1. The van der Waals surface area contributed by atoms with E-state index in [0.717, 1.165) is 5.39 Å². The van der Waals surface area contributed by atoms with Gasteiger partial charge in [-0.25, -0.2) is 4.79 Å². The van der Waals surface area contributed by atoms with Crippen molar-refractivity contribution in [1.29, 1.82) is 0 Å². The molecular weight excluding hydrogens is 230 g/mol. The normalized spacial score (nSPS) is 11.0. The van der Waals surface area contributed by atoms with Gasteiger partial charge in [0, 0.05) is 31.8 Å². The fraction of sp³-hybridized carbons (Fsp3) is 0.143. The van der Waals surface area contributed by atoms with Gasteiger partial charge in [-0.15, -0.1) is 0 Å². The van der Waals surface area contributed by atoms with Gasteiger partial charge < -0.3 is 9.32 Å². The molecule has 4 nitrogen and oxygen atoms in total. The standard InChI is InChI=1S/C14H13NO3/c1-15(2)8-7-12(16)11-9-10-5-3-4-6-13(10)18-14(11)17/h3-9H,1-2H3/b8-7+. The van der Waals surface area contributed by atoms with E-state index in [1.165, 1.54) is 6.08 Å². The molecule has 92 valence electrons. The molecule has 0 atom stereocenters. The van der Waals surface area contributed by atoms with E-state index >= 15 is 0 Å². The number of hydrogen-bond acceptors (Lipinski definition) is 4. The molecule has 1 heterocycles. The van der Waals surface area contributed by atoms with Crippen molar-refractivity contribution in [3.63, 3.8) is 0 Å². The first kappa shape index (κ1) is 12.1. The van der Waals surface area contributed by atoms with E-state index in [1.54, 1.807) is 49.5 Å². The molecule has 0 fully saturated rings. The van der Waals surface area contributed by atoms with Crippen molar-refractivity contribution in [2.75, 3.05) is 14.1 Å². The smallest absolute Gasteiger partial charge is 0.347 e. The summed E-state index contributed by atoms with van der Waals surface area (Å²) < 4.78 is 5.10. The molecule has 0 aliphatic carbocycles. The van der Waals surface area contributed by atoms with Crippen LogP contribution in [0.25, 0.3) is 11.0 Å². The van der Waals surface area contributed by atoms with Crippen molar-refractivity contribution in [3.8, 4) is 0 Å². The van der Waals surface area contributed by atoms with Crippen LogP contribution in [0.2, 0.25) is 0 Å². The highest BCUT2D eigenvalue weighted by Crippen LogP contribution is 2.12. The third-order valence-electron chi connectivity index (χ3n) is 2.43. The third-order valence-corrected chi connectivity index (χ3v) is 2.43. The minimum absolute atomic E-state index is 0.0480. The molecule has 0 saturated carbocycles. The summed E-state index contributed by atoms with van der Waals surface area (Å²) in [6.07, 6.45) is 2.94. The Bertz CT molecular complexity index is 668. The first-order valence-corrected chi connectivity index (χ1v) is 5.50. The van der Waals surface area contributed by atoms with Crippen LogP contribution in [0.3, 0.4) is 0 Å². The zero-order valence-corrected chi connectivity index (χ0v) is 10.2. The Morgan fingerprint density at radius 1 is 1.28 bits per heavy atom. The SMILES string of the molecule is CN(C)/C=C/C(=O)c1cc2ccccc2oc1=O. The molecule has 0 spiro atoms. The molecule has 0 unspecified atom stereocenters.